The molecule has 0 amide bonds. The van der Waals surface area contributed by atoms with Crippen LogP contribution in [0.1, 0.15) is 83.4 Å². The van der Waals surface area contributed by atoms with Crippen LogP contribution in [-0.4, -0.2) is 29.2 Å². The Hall–Kier alpha value is -1.26. The van der Waals surface area contributed by atoms with Gasteiger partial charge in [-0.3, -0.25) is 9.97 Å². The minimum absolute atomic E-state index is 0.155. The molecule has 2 atom stereocenters. The maximum absolute atomic E-state index is 5.62. The Balaban J connectivity index is 2.15. The van der Waals surface area contributed by atoms with Gasteiger partial charge in [-0.25, -0.2) is 0 Å². The van der Waals surface area contributed by atoms with Crippen molar-refractivity contribution in [2.45, 2.75) is 79.3 Å². The first-order valence-corrected chi connectivity index (χ1v) is 9.67. The standard InChI is InChI=1S/C21H35N3O/c1-7-25-14-17-10-8-9-11-18(24-17)20-13-22-19(16(3)23-20)12-15(2)21(4,5)6/h12-13,17-18,24H,7-11,14H2,1-6H3/b15-12+. The number of nitrogens with zero attached hydrogens (tertiary/aromatic N) is 2. The molecule has 1 saturated heterocycles. The quantitative estimate of drug-likeness (QED) is 0.829. The number of hydrogen-bond acceptors (Lipinski definition) is 4. The fourth-order valence-electron chi connectivity index (χ4n) is 3.06. The van der Waals surface area contributed by atoms with Crippen molar-refractivity contribution >= 4 is 6.08 Å². The second-order valence-electron chi connectivity index (χ2n) is 8.20. The van der Waals surface area contributed by atoms with Crippen LogP contribution in [0.2, 0.25) is 0 Å². The van der Waals surface area contributed by atoms with E-state index in [0.29, 0.717) is 6.04 Å². The van der Waals surface area contributed by atoms with E-state index in [9.17, 15) is 0 Å². The molecule has 0 spiro atoms. The van der Waals surface area contributed by atoms with Crippen LogP contribution in [0.4, 0.5) is 0 Å². The second kappa shape index (κ2) is 8.91. The summed E-state index contributed by atoms with van der Waals surface area (Å²) in [6, 6.07) is 0.693. The Bertz CT molecular complexity index is 589. The largest absolute Gasteiger partial charge is 0.380 e. The van der Waals surface area contributed by atoms with E-state index in [1.807, 2.05) is 6.20 Å². The number of aryl methyl sites for hydroxylation is 1. The molecule has 2 heterocycles. The van der Waals surface area contributed by atoms with Crippen molar-refractivity contribution in [3.8, 4) is 0 Å². The molecule has 4 heteroatoms. The highest BCUT2D eigenvalue weighted by molar-refractivity contribution is 5.51. The zero-order valence-electron chi connectivity index (χ0n) is 16.9. The van der Waals surface area contributed by atoms with Gasteiger partial charge in [-0.15, -0.1) is 0 Å². The lowest BCUT2D eigenvalue weighted by atomic mass is 9.87. The van der Waals surface area contributed by atoms with Gasteiger partial charge in [-0.1, -0.05) is 39.2 Å². The number of hydrogen-bond donors (Lipinski definition) is 1. The molecule has 1 fully saturated rings. The normalized spacial score (nSPS) is 22.7. The molecular formula is C21H35N3O. The summed E-state index contributed by atoms with van der Waals surface area (Å²) in [5.41, 5.74) is 4.53. The summed E-state index contributed by atoms with van der Waals surface area (Å²) < 4.78 is 5.62. The van der Waals surface area contributed by atoms with Gasteiger partial charge in [0.15, 0.2) is 0 Å². The van der Waals surface area contributed by atoms with Gasteiger partial charge in [0, 0.05) is 12.6 Å². The first kappa shape index (κ1) is 20.1. The summed E-state index contributed by atoms with van der Waals surface area (Å²) in [6.07, 6.45) is 8.90. The van der Waals surface area contributed by atoms with Crippen LogP contribution in [0.3, 0.4) is 0 Å². The minimum Gasteiger partial charge on any atom is -0.380 e. The van der Waals surface area contributed by atoms with Crippen LogP contribution in [0.25, 0.3) is 6.08 Å². The molecule has 1 aliphatic heterocycles. The number of ether oxygens (including phenoxy) is 1. The van der Waals surface area contributed by atoms with E-state index >= 15 is 0 Å². The predicted molar refractivity (Wildman–Crippen MR) is 105 cm³/mol. The maximum Gasteiger partial charge on any atom is 0.0842 e. The molecule has 0 saturated carbocycles. The third kappa shape index (κ3) is 5.89. The Morgan fingerprint density at radius 2 is 2.04 bits per heavy atom. The van der Waals surface area contributed by atoms with Crippen LogP contribution in [0.5, 0.6) is 0 Å². The van der Waals surface area contributed by atoms with Crippen LogP contribution in [0.15, 0.2) is 11.8 Å². The molecule has 1 aromatic heterocycles. The van der Waals surface area contributed by atoms with Crippen molar-refractivity contribution in [2.24, 2.45) is 5.41 Å². The summed E-state index contributed by atoms with van der Waals surface area (Å²) in [5, 5.41) is 3.74. The van der Waals surface area contributed by atoms with Gasteiger partial charge in [0.1, 0.15) is 0 Å². The predicted octanol–water partition coefficient (Wildman–Crippen LogP) is 4.84. The summed E-state index contributed by atoms with van der Waals surface area (Å²) in [7, 11) is 0. The van der Waals surface area contributed by atoms with Gasteiger partial charge in [0.2, 0.25) is 0 Å². The SMILES string of the molecule is CCOCC1CCCCC(c2cnc(/C=C(\C)C(C)(C)C)c(C)n2)N1. The molecule has 0 radical (unpaired) electrons. The molecule has 140 valence electrons. The lowest BCUT2D eigenvalue weighted by Crippen LogP contribution is -2.35. The van der Waals surface area contributed by atoms with Gasteiger partial charge < -0.3 is 10.1 Å². The van der Waals surface area contributed by atoms with Gasteiger partial charge in [-0.05, 0) is 45.1 Å². The molecule has 1 aromatic rings. The minimum atomic E-state index is 0.155. The lowest BCUT2D eigenvalue weighted by molar-refractivity contribution is 0.117. The van der Waals surface area contributed by atoms with E-state index in [1.165, 1.54) is 24.8 Å². The molecule has 0 aromatic carbocycles. The summed E-state index contributed by atoms with van der Waals surface area (Å²) in [5.74, 6) is 0. The Labute approximate surface area is 153 Å². The van der Waals surface area contributed by atoms with E-state index < -0.39 is 0 Å². The molecule has 2 unspecified atom stereocenters. The fourth-order valence-corrected chi connectivity index (χ4v) is 3.06. The van der Waals surface area contributed by atoms with Crippen molar-refractivity contribution in [1.82, 2.24) is 15.3 Å². The molecular weight excluding hydrogens is 310 g/mol. The first-order valence-electron chi connectivity index (χ1n) is 9.67. The Morgan fingerprint density at radius 1 is 1.32 bits per heavy atom. The van der Waals surface area contributed by atoms with E-state index in [0.717, 1.165) is 36.7 Å². The topological polar surface area (TPSA) is 47.0 Å². The average molecular weight is 346 g/mol. The molecule has 0 bridgehead atoms. The zero-order chi connectivity index (χ0) is 18.4. The monoisotopic (exact) mass is 345 g/mol. The van der Waals surface area contributed by atoms with Crippen molar-refractivity contribution in [1.29, 1.82) is 0 Å². The number of allylic oxidation sites excluding steroid dienone is 1. The molecule has 2 rings (SSSR count). The van der Waals surface area contributed by atoms with Crippen LogP contribution in [-0.2, 0) is 4.74 Å². The number of nitrogens with one attached hydrogen (secondary N) is 1. The first-order chi connectivity index (χ1) is 11.8. The third-order valence-electron chi connectivity index (χ3n) is 5.15. The van der Waals surface area contributed by atoms with E-state index in [4.69, 9.17) is 14.7 Å². The fraction of sp³-hybridized carbons (Fsp3) is 0.714. The second-order valence-corrected chi connectivity index (χ2v) is 8.20. The number of rotatable bonds is 5. The van der Waals surface area contributed by atoms with Crippen molar-refractivity contribution in [3.05, 3.63) is 28.9 Å². The van der Waals surface area contributed by atoms with E-state index in [-0.39, 0.29) is 11.5 Å². The van der Waals surface area contributed by atoms with Gasteiger partial charge in [0.05, 0.1) is 35.9 Å². The van der Waals surface area contributed by atoms with Gasteiger partial charge in [-0.2, -0.15) is 0 Å². The van der Waals surface area contributed by atoms with Crippen molar-refractivity contribution < 1.29 is 4.74 Å². The third-order valence-corrected chi connectivity index (χ3v) is 5.15. The maximum atomic E-state index is 5.62. The van der Waals surface area contributed by atoms with Crippen LogP contribution < -0.4 is 5.32 Å². The molecule has 1 N–H and O–H groups in total. The van der Waals surface area contributed by atoms with Crippen LogP contribution >= 0.6 is 0 Å². The van der Waals surface area contributed by atoms with Gasteiger partial charge >= 0.3 is 0 Å². The Morgan fingerprint density at radius 3 is 2.68 bits per heavy atom. The highest BCUT2D eigenvalue weighted by atomic mass is 16.5. The summed E-state index contributed by atoms with van der Waals surface area (Å²) >= 11 is 0. The summed E-state index contributed by atoms with van der Waals surface area (Å²) in [6.45, 7) is 14.5. The van der Waals surface area contributed by atoms with E-state index in [2.05, 4.69) is 52.9 Å². The van der Waals surface area contributed by atoms with Gasteiger partial charge in [0.25, 0.3) is 0 Å². The lowest BCUT2D eigenvalue weighted by Gasteiger charge is -2.23. The highest BCUT2D eigenvalue weighted by Gasteiger charge is 2.22. The summed E-state index contributed by atoms with van der Waals surface area (Å²) in [4.78, 5) is 9.59. The zero-order valence-corrected chi connectivity index (χ0v) is 16.9. The molecule has 4 nitrogen and oxygen atoms in total. The Kier molecular flexibility index (Phi) is 7.14. The molecule has 0 aliphatic carbocycles. The molecule has 25 heavy (non-hydrogen) atoms. The highest BCUT2D eigenvalue weighted by Crippen LogP contribution is 2.28. The smallest absolute Gasteiger partial charge is 0.0842 e. The molecule has 1 aliphatic rings. The van der Waals surface area contributed by atoms with Crippen molar-refractivity contribution in [2.75, 3.05) is 13.2 Å². The average Bonchev–Trinajstić information content (AvgIpc) is 2.79. The van der Waals surface area contributed by atoms with E-state index in [1.54, 1.807) is 0 Å². The van der Waals surface area contributed by atoms with Crippen LogP contribution in [0, 0.1) is 12.3 Å². The number of aromatic nitrogens is 2. The van der Waals surface area contributed by atoms with Crippen molar-refractivity contribution in [3.63, 3.8) is 0 Å².